The van der Waals surface area contributed by atoms with Crippen molar-refractivity contribution < 1.29 is 28.5 Å². The van der Waals surface area contributed by atoms with Gasteiger partial charge in [-0.1, -0.05) is 78.1 Å². The zero-order valence-corrected chi connectivity index (χ0v) is 32.9. The Kier molecular flexibility index (Phi) is 15.7. The number of carbonyl (C=O) groups excluding carboxylic acids is 2. The maximum atomic E-state index is 13.1. The van der Waals surface area contributed by atoms with Crippen molar-refractivity contribution in [1.29, 1.82) is 0 Å². The van der Waals surface area contributed by atoms with Crippen LogP contribution >= 0.6 is 11.8 Å². The Labute approximate surface area is 321 Å². The van der Waals surface area contributed by atoms with Crippen molar-refractivity contribution in [2.24, 2.45) is 0 Å². The van der Waals surface area contributed by atoms with Gasteiger partial charge in [-0.05, 0) is 133 Å². The Morgan fingerprint density at radius 3 is 1.28 bits per heavy atom. The van der Waals surface area contributed by atoms with E-state index in [0.29, 0.717) is 35.8 Å². The molecule has 1 heterocycles. The molecule has 0 fully saturated rings. The lowest BCUT2D eigenvalue weighted by atomic mass is 9.89. The molecule has 4 aromatic rings. The second kappa shape index (κ2) is 20.9. The number of unbranched alkanes of at least 4 members (excludes halogenated alkanes) is 10. The molecular weight excluding hydrogens is 681 g/mol. The van der Waals surface area contributed by atoms with E-state index < -0.39 is 11.9 Å². The fourth-order valence-corrected chi connectivity index (χ4v) is 7.83. The molecule has 0 saturated carbocycles. The minimum atomic E-state index is -0.397. The van der Waals surface area contributed by atoms with Gasteiger partial charge in [-0.2, -0.15) is 11.8 Å². The van der Waals surface area contributed by atoms with Crippen molar-refractivity contribution in [2.45, 2.75) is 116 Å². The van der Waals surface area contributed by atoms with Crippen LogP contribution in [-0.2, 0) is 11.5 Å². The van der Waals surface area contributed by atoms with E-state index in [1.165, 1.54) is 64.2 Å². The van der Waals surface area contributed by atoms with E-state index in [9.17, 15) is 9.59 Å². The Bertz CT molecular complexity index is 1650. The first-order valence-corrected chi connectivity index (χ1v) is 20.8. The van der Waals surface area contributed by atoms with Crippen LogP contribution in [0.5, 0.6) is 23.0 Å². The van der Waals surface area contributed by atoms with Crippen LogP contribution in [0.4, 0.5) is 0 Å². The van der Waals surface area contributed by atoms with Crippen molar-refractivity contribution in [2.75, 3.05) is 13.2 Å². The summed E-state index contributed by atoms with van der Waals surface area (Å²) >= 11 is 1.79. The van der Waals surface area contributed by atoms with Crippen LogP contribution < -0.4 is 18.9 Å². The topological polar surface area (TPSA) is 71.1 Å². The van der Waals surface area contributed by atoms with Gasteiger partial charge in [0.2, 0.25) is 0 Å². The highest BCUT2D eigenvalue weighted by atomic mass is 32.2. The number of esters is 2. The van der Waals surface area contributed by atoms with Gasteiger partial charge in [0.15, 0.2) is 0 Å². The summed E-state index contributed by atoms with van der Waals surface area (Å²) < 4.78 is 23.5. The molecule has 0 radical (unpaired) electrons. The third-order valence-corrected chi connectivity index (χ3v) is 10.7. The number of aryl methyl sites for hydroxylation is 2. The molecule has 1 aliphatic rings. The zero-order valence-electron chi connectivity index (χ0n) is 32.1. The first-order valence-electron chi connectivity index (χ1n) is 19.6. The maximum absolute atomic E-state index is 13.1. The molecule has 0 atom stereocenters. The number of thioether (sulfide) groups is 1. The van der Waals surface area contributed by atoms with Gasteiger partial charge in [0.25, 0.3) is 0 Å². The summed E-state index contributed by atoms with van der Waals surface area (Å²) in [5.41, 5.74) is 7.53. The second-order valence-electron chi connectivity index (χ2n) is 14.1. The number of carbonyl (C=O) groups is 2. The van der Waals surface area contributed by atoms with E-state index in [0.717, 1.165) is 69.2 Å². The van der Waals surface area contributed by atoms with Crippen molar-refractivity contribution >= 4 is 23.7 Å². The molecule has 282 valence electrons. The predicted molar refractivity (Wildman–Crippen MR) is 217 cm³/mol. The number of fused-ring (bicyclic) bond motifs is 3. The van der Waals surface area contributed by atoms with Crippen LogP contribution in [0.1, 0.15) is 134 Å². The number of rotatable bonds is 20. The Morgan fingerprint density at radius 1 is 0.509 bits per heavy atom. The lowest BCUT2D eigenvalue weighted by Crippen LogP contribution is -2.10. The monoisotopic (exact) mass is 736 g/mol. The van der Waals surface area contributed by atoms with Crippen LogP contribution in [0.25, 0.3) is 11.1 Å². The van der Waals surface area contributed by atoms with Gasteiger partial charge in [-0.15, -0.1) is 0 Å². The van der Waals surface area contributed by atoms with Crippen LogP contribution in [-0.4, -0.2) is 25.2 Å². The highest BCUT2D eigenvalue weighted by molar-refractivity contribution is 7.97. The van der Waals surface area contributed by atoms with E-state index in [1.807, 2.05) is 48.5 Å². The first kappa shape index (κ1) is 40.0. The second-order valence-corrected chi connectivity index (χ2v) is 15.1. The van der Waals surface area contributed by atoms with E-state index in [2.05, 4.69) is 27.7 Å². The highest BCUT2D eigenvalue weighted by Gasteiger charge is 2.23. The average molecular weight is 737 g/mol. The Balaban J connectivity index is 1.18. The molecule has 6 nitrogen and oxygen atoms in total. The molecule has 53 heavy (non-hydrogen) atoms. The molecular formula is C46H56O6S. The number of ether oxygens (including phenoxy) is 4. The highest BCUT2D eigenvalue weighted by Crippen LogP contribution is 2.43. The number of benzene rings is 4. The Hall–Kier alpha value is -4.23. The summed E-state index contributed by atoms with van der Waals surface area (Å²) in [6.07, 6.45) is 14.6. The van der Waals surface area contributed by atoms with E-state index in [-0.39, 0.29) is 0 Å². The molecule has 0 aromatic heterocycles. The maximum Gasteiger partial charge on any atom is 0.343 e. The van der Waals surface area contributed by atoms with E-state index in [4.69, 9.17) is 18.9 Å². The van der Waals surface area contributed by atoms with Gasteiger partial charge >= 0.3 is 11.9 Å². The summed E-state index contributed by atoms with van der Waals surface area (Å²) in [5.74, 6) is 3.32. The summed E-state index contributed by atoms with van der Waals surface area (Å²) in [5, 5.41) is 0. The van der Waals surface area contributed by atoms with Crippen LogP contribution in [0.3, 0.4) is 0 Å². The molecule has 0 aliphatic carbocycles. The molecule has 0 N–H and O–H groups in total. The minimum Gasteiger partial charge on any atom is -0.494 e. The molecule has 0 unspecified atom stereocenters. The fourth-order valence-electron chi connectivity index (χ4n) is 6.83. The SMILES string of the molecule is CCCCCCCCOc1ccc(C(=O)Oc2cc(C)c3c(c2)CSCc2cc(OC(=O)c4ccc(OCCCCCCCC)cc4)cc(C)c2-3)cc1. The van der Waals surface area contributed by atoms with Crippen molar-refractivity contribution in [3.05, 3.63) is 106 Å². The smallest absolute Gasteiger partial charge is 0.343 e. The summed E-state index contributed by atoms with van der Waals surface area (Å²) in [6, 6.07) is 22.2. The van der Waals surface area contributed by atoms with Crippen LogP contribution in [0, 0.1) is 13.8 Å². The predicted octanol–water partition coefficient (Wildman–Crippen LogP) is 12.6. The molecule has 0 spiro atoms. The summed E-state index contributed by atoms with van der Waals surface area (Å²) in [4.78, 5) is 26.3. The molecule has 0 bridgehead atoms. The molecule has 5 rings (SSSR count). The lowest BCUT2D eigenvalue weighted by Gasteiger charge is -2.18. The van der Waals surface area contributed by atoms with Crippen molar-refractivity contribution in [3.63, 3.8) is 0 Å². The van der Waals surface area contributed by atoms with E-state index in [1.54, 1.807) is 36.0 Å². The van der Waals surface area contributed by atoms with Crippen LogP contribution in [0.15, 0.2) is 72.8 Å². The molecule has 0 amide bonds. The Morgan fingerprint density at radius 2 is 0.887 bits per heavy atom. The third kappa shape index (κ3) is 11.9. The normalized spacial score (nSPS) is 12.0. The summed E-state index contributed by atoms with van der Waals surface area (Å²) in [6.45, 7) is 9.93. The zero-order chi connectivity index (χ0) is 37.4. The van der Waals surface area contributed by atoms with Crippen LogP contribution in [0.2, 0.25) is 0 Å². The first-order chi connectivity index (χ1) is 25.9. The van der Waals surface area contributed by atoms with Crippen molar-refractivity contribution in [3.8, 4) is 34.1 Å². The molecule has 4 aromatic carbocycles. The molecule has 1 aliphatic heterocycles. The van der Waals surface area contributed by atoms with Gasteiger partial charge in [0.05, 0.1) is 24.3 Å². The number of hydrogen-bond donors (Lipinski definition) is 0. The van der Waals surface area contributed by atoms with Gasteiger partial charge < -0.3 is 18.9 Å². The van der Waals surface area contributed by atoms with Gasteiger partial charge in [0.1, 0.15) is 23.0 Å². The van der Waals surface area contributed by atoms with E-state index >= 15 is 0 Å². The third-order valence-electron chi connectivity index (χ3n) is 9.68. The standard InChI is InChI=1S/C46H56O6S/c1-5-7-9-11-13-15-25-49-39-21-17-35(18-22-39)45(47)51-41-27-33(3)43-37(29-41)31-53-32-38-30-42(28-34(4)44(38)43)52-46(48)36-19-23-40(24-20-36)50-26-16-14-12-10-8-6-2/h17-24,27-30H,5-16,25-26,31-32H2,1-4H3. The fraction of sp³-hybridized carbons (Fsp3) is 0.435. The minimum absolute atomic E-state index is 0.397. The van der Waals surface area contributed by atoms with Gasteiger partial charge in [0, 0.05) is 11.5 Å². The van der Waals surface area contributed by atoms with Gasteiger partial charge in [-0.3, -0.25) is 0 Å². The lowest BCUT2D eigenvalue weighted by molar-refractivity contribution is 0.0725. The van der Waals surface area contributed by atoms with Crippen molar-refractivity contribution in [1.82, 2.24) is 0 Å². The number of hydrogen-bond acceptors (Lipinski definition) is 7. The molecule has 7 heteroatoms. The van der Waals surface area contributed by atoms with Gasteiger partial charge in [-0.25, -0.2) is 9.59 Å². The summed E-state index contributed by atoms with van der Waals surface area (Å²) in [7, 11) is 0. The average Bonchev–Trinajstić information content (AvgIpc) is 3.34. The largest absolute Gasteiger partial charge is 0.494 e. The molecule has 0 saturated heterocycles. The quantitative estimate of drug-likeness (QED) is 0.0508.